The molecule has 1 unspecified atom stereocenters. The van der Waals surface area contributed by atoms with E-state index in [-0.39, 0.29) is 0 Å². The Hall–Kier alpha value is -0.100. The largest absolute Gasteiger partial charge is 0.271 e. The molecule has 0 amide bonds. The smallest absolute Gasteiger partial charge is 0.0946 e. The van der Waals surface area contributed by atoms with Crippen LogP contribution >= 0.6 is 23.1 Å². The molecule has 3 nitrogen and oxygen atoms in total. The predicted octanol–water partition coefficient (Wildman–Crippen LogP) is 2.67. The lowest BCUT2D eigenvalue weighted by atomic mass is 9.93. The number of thiazole rings is 1. The summed E-state index contributed by atoms with van der Waals surface area (Å²) >= 11 is 3.89. The Labute approximate surface area is 118 Å². The third kappa shape index (κ3) is 3.95. The Morgan fingerprint density at radius 1 is 1.39 bits per heavy atom. The first-order chi connectivity index (χ1) is 8.69. The van der Waals surface area contributed by atoms with Crippen molar-refractivity contribution in [2.24, 2.45) is 11.8 Å². The number of nitrogens with two attached hydrogens (primary N) is 1. The molecule has 1 fully saturated rings. The summed E-state index contributed by atoms with van der Waals surface area (Å²) in [6.07, 6.45) is 4.85. The first-order valence-electron chi connectivity index (χ1n) is 6.65. The van der Waals surface area contributed by atoms with Crippen LogP contribution in [0.3, 0.4) is 0 Å². The van der Waals surface area contributed by atoms with Crippen LogP contribution in [0.2, 0.25) is 0 Å². The number of nitrogens with zero attached hydrogens (tertiary/aromatic N) is 1. The summed E-state index contributed by atoms with van der Waals surface area (Å²) in [5.74, 6) is 9.18. The molecule has 0 aromatic carbocycles. The monoisotopic (exact) mass is 285 g/mol. The molecule has 0 bridgehead atoms. The SMILES string of the molecule is Cc1nc(CC(CC2CCSCC2)NN)sc1C. The number of thioether (sulfide) groups is 1. The number of nitrogens with one attached hydrogen (secondary N) is 1. The minimum Gasteiger partial charge on any atom is -0.271 e. The minimum atomic E-state index is 0.378. The van der Waals surface area contributed by atoms with Gasteiger partial charge in [-0.3, -0.25) is 11.3 Å². The van der Waals surface area contributed by atoms with E-state index in [2.05, 4.69) is 36.0 Å². The Kier molecular flexibility index (Phi) is 5.48. The van der Waals surface area contributed by atoms with Gasteiger partial charge in [-0.05, 0) is 50.5 Å². The maximum atomic E-state index is 5.70. The molecule has 0 spiro atoms. The Morgan fingerprint density at radius 2 is 2.11 bits per heavy atom. The van der Waals surface area contributed by atoms with E-state index in [1.165, 1.54) is 46.3 Å². The van der Waals surface area contributed by atoms with E-state index in [0.29, 0.717) is 6.04 Å². The highest BCUT2D eigenvalue weighted by molar-refractivity contribution is 7.99. The van der Waals surface area contributed by atoms with Gasteiger partial charge in [0.25, 0.3) is 0 Å². The van der Waals surface area contributed by atoms with Crippen molar-refractivity contribution < 1.29 is 0 Å². The lowest BCUT2D eigenvalue weighted by molar-refractivity contribution is 0.365. The predicted molar refractivity (Wildman–Crippen MR) is 81.1 cm³/mol. The molecule has 2 heterocycles. The third-order valence-corrected chi connectivity index (χ3v) is 5.83. The van der Waals surface area contributed by atoms with Crippen LogP contribution in [0.15, 0.2) is 0 Å². The van der Waals surface area contributed by atoms with Gasteiger partial charge in [-0.25, -0.2) is 4.98 Å². The molecule has 0 aliphatic carbocycles. The van der Waals surface area contributed by atoms with Gasteiger partial charge in [0.1, 0.15) is 0 Å². The van der Waals surface area contributed by atoms with E-state index in [0.717, 1.165) is 12.3 Å². The van der Waals surface area contributed by atoms with E-state index in [1.54, 1.807) is 0 Å². The first kappa shape index (κ1) is 14.3. The van der Waals surface area contributed by atoms with Gasteiger partial charge in [0.2, 0.25) is 0 Å². The van der Waals surface area contributed by atoms with Crippen LogP contribution in [0.1, 0.15) is 34.8 Å². The van der Waals surface area contributed by atoms with Crippen LogP contribution in [0.5, 0.6) is 0 Å². The molecule has 0 radical (unpaired) electrons. The van der Waals surface area contributed by atoms with Crippen molar-refractivity contribution in [1.29, 1.82) is 0 Å². The number of hydrogen-bond acceptors (Lipinski definition) is 5. The second kappa shape index (κ2) is 6.89. The average molecular weight is 285 g/mol. The molecular formula is C13H23N3S2. The molecule has 3 N–H and O–H groups in total. The van der Waals surface area contributed by atoms with E-state index in [9.17, 15) is 0 Å². The maximum Gasteiger partial charge on any atom is 0.0946 e. The number of hydrazine groups is 1. The molecule has 5 heteroatoms. The van der Waals surface area contributed by atoms with E-state index < -0.39 is 0 Å². The zero-order valence-electron chi connectivity index (χ0n) is 11.2. The standard InChI is InChI=1S/C13H23N3S2/c1-9-10(2)18-13(15-9)8-12(16-14)7-11-3-5-17-6-4-11/h11-12,16H,3-8,14H2,1-2H3. The Morgan fingerprint density at radius 3 is 2.67 bits per heavy atom. The van der Waals surface area contributed by atoms with Crippen molar-refractivity contribution in [2.45, 2.75) is 45.6 Å². The lowest BCUT2D eigenvalue weighted by Gasteiger charge is -2.25. The van der Waals surface area contributed by atoms with E-state index in [4.69, 9.17) is 5.84 Å². The third-order valence-electron chi connectivity index (χ3n) is 3.69. The molecule has 1 saturated heterocycles. The number of rotatable bonds is 5. The summed E-state index contributed by atoms with van der Waals surface area (Å²) in [6.45, 7) is 4.22. The zero-order valence-corrected chi connectivity index (χ0v) is 12.9. The van der Waals surface area contributed by atoms with Crippen molar-refractivity contribution in [3.8, 4) is 0 Å². The second-order valence-electron chi connectivity index (χ2n) is 5.11. The topological polar surface area (TPSA) is 50.9 Å². The van der Waals surface area contributed by atoms with Crippen LogP contribution in [0.25, 0.3) is 0 Å². The first-order valence-corrected chi connectivity index (χ1v) is 8.63. The number of aromatic nitrogens is 1. The van der Waals surface area contributed by atoms with Crippen molar-refractivity contribution in [2.75, 3.05) is 11.5 Å². The van der Waals surface area contributed by atoms with Crippen LogP contribution in [0, 0.1) is 19.8 Å². The van der Waals surface area contributed by atoms with Crippen LogP contribution in [-0.4, -0.2) is 22.5 Å². The second-order valence-corrected chi connectivity index (χ2v) is 7.62. The van der Waals surface area contributed by atoms with Crippen molar-refractivity contribution in [3.05, 3.63) is 15.6 Å². The van der Waals surface area contributed by atoms with Gasteiger partial charge < -0.3 is 0 Å². The maximum absolute atomic E-state index is 5.70. The van der Waals surface area contributed by atoms with Crippen molar-refractivity contribution in [1.82, 2.24) is 10.4 Å². The molecule has 18 heavy (non-hydrogen) atoms. The molecular weight excluding hydrogens is 262 g/mol. The van der Waals surface area contributed by atoms with Gasteiger partial charge in [0.05, 0.1) is 10.7 Å². The fraction of sp³-hybridized carbons (Fsp3) is 0.769. The van der Waals surface area contributed by atoms with Gasteiger partial charge in [-0.15, -0.1) is 11.3 Å². The normalized spacial score (nSPS) is 19.1. The van der Waals surface area contributed by atoms with Crippen LogP contribution < -0.4 is 11.3 Å². The molecule has 1 aliphatic rings. The van der Waals surface area contributed by atoms with Gasteiger partial charge >= 0.3 is 0 Å². The van der Waals surface area contributed by atoms with Gasteiger partial charge in [0.15, 0.2) is 0 Å². The number of aryl methyl sites for hydroxylation is 2. The van der Waals surface area contributed by atoms with Crippen LogP contribution in [-0.2, 0) is 6.42 Å². The molecule has 102 valence electrons. The molecule has 1 atom stereocenters. The van der Waals surface area contributed by atoms with Gasteiger partial charge in [-0.2, -0.15) is 11.8 Å². The Balaban J connectivity index is 1.88. The highest BCUT2D eigenvalue weighted by atomic mass is 32.2. The summed E-state index contributed by atoms with van der Waals surface area (Å²) in [7, 11) is 0. The summed E-state index contributed by atoms with van der Waals surface area (Å²) in [5.41, 5.74) is 4.15. The molecule has 0 saturated carbocycles. The quantitative estimate of drug-likeness (QED) is 0.645. The fourth-order valence-electron chi connectivity index (χ4n) is 2.43. The fourth-order valence-corrected chi connectivity index (χ4v) is 4.65. The molecule has 1 aromatic heterocycles. The van der Waals surface area contributed by atoms with Crippen molar-refractivity contribution in [3.63, 3.8) is 0 Å². The van der Waals surface area contributed by atoms with E-state index in [1.807, 2.05) is 11.3 Å². The molecule has 2 rings (SSSR count). The Bertz CT molecular complexity index is 353. The van der Waals surface area contributed by atoms with Crippen molar-refractivity contribution >= 4 is 23.1 Å². The summed E-state index contributed by atoms with van der Waals surface area (Å²) in [4.78, 5) is 5.94. The highest BCUT2D eigenvalue weighted by Crippen LogP contribution is 2.27. The minimum absolute atomic E-state index is 0.378. The average Bonchev–Trinajstić information content (AvgIpc) is 2.69. The summed E-state index contributed by atoms with van der Waals surface area (Å²) in [5, 5.41) is 1.22. The highest BCUT2D eigenvalue weighted by Gasteiger charge is 2.19. The van der Waals surface area contributed by atoms with E-state index >= 15 is 0 Å². The van der Waals surface area contributed by atoms with Gasteiger partial charge in [-0.1, -0.05) is 0 Å². The summed E-state index contributed by atoms with van der Waals surface area (Å²) < 4.78 is 0. The molecule has 1 aromatic rings. The van der Waals surface area contributed by atoms with Gasteiger partial charge in [0, 0.05) is 17.3 Å². The summed E-state index contributed by atoms with van der Waals surface area (Å²) in [6, 6.07) is 0.378. The number of hydrogen-bond donors (Lipinski definition) is 2. The van der Waals surface area contributed by atoms with Crippen LogP contribution in [0.4, 0.5) is 0 Å². The zero-order chi connectivity index (χ0) is 13.0. The molecule has 1 aliphatic heterocycles. The lowest BCUT2D eigenvalue weighted by Crippen LogP contribution is -2.38.